The molecule has 0 aliphatic carbocycles. The highest BCUT2D eigenvalue weighted by Gasteiger charge is 2.26. The number of primary amides is 2. The SMILES string of the molecule is CCCCCCCCCCCCCCCCC(CNC(=O)CC[C@H](NC(=O)/C=C/C(=O)N(CC(N)=O)CC(=O)[C@H](C)NC(=O)[C@H](C)CC(=O)OCc1ccccc1)C(N)=O)OCCCCCCCCCCCCCC. The molecule has 0 bridgehead atoms. The van der Waals surface area contributed by atoms with Gasteiger partial charge in [-0.15, -0.1) is 0 Å². The molecule has 426 valence electrons. The summed E-state index contributed by atoms with van der Waals surface area (Å²) in [4.78, 5) is 102. The summed E-state index contributed by atoms with van der Waals surface area (Å²) in [5, 5.41) is 7.88. The third kappa shape index (κ3) is 38.1. The number of ketones is 1. The summed E-state index contributed by atoms with van der Waals surface area (Å²) in [6.07, 6.45) is 34.8. The van der Waals surface area contributed by atoms with Crippen LogP contribution < -0.4 is 27.4 Å². The van der Waals surface area contributed by atoms with Crippen LogP contribution in [0, 0.1) is 5.92 Å². The van der Waals surface area contributed by atoms with Crippen molar-refractivity contribution in [2.45, 2.75) is 245 Å². The molecule has 16 heteroatoms. The van der Waals surface area contributed by atoms with Gasteiger partial charge in [-0.3, -0.25) is 38.4 Å². The number of benzene rings is 1. The maximum absolute atomic E-state index is 13.1. The van der Waals surface area contributed by atoms with E-state index in [0.29, 0.717) is 13.2 Å². The van der Waals surface area contributed by atoms with Crippen LogP contribution in [0.3, 0.4) is 0 Å². The minimum absolute atomic E-state index is 0.0450. The van der Waals surface area contributed by atoms with Gasteiger partial charge in [0.25, 0.3) is 0 Å². The summed E-state index contributed by atoms with van der Waals surface area (Å²) in [6.45, 7) is 7.07. The summed E-state index contributed by atoms with van der Waals surface area (Å²) in [6, 6.07) is 6.67. The van der Waals surface area contributed by atoms with E-state index in [0.717, 1.165) is 54.7 Å². The first-order chi connectivity index (χ1) is 36.2. The zero-order valence-corrected chi connectivity index (χ0v) is 46.8. The Morgan fingerprint density at radius 1 is 0.613 bits per heavy atom. The molecule has 7 N–H and O–H groups in total. The van der Waals surface area contributed by atoms with Crippen LogP contribution in [0.1, 0.15) is 226 Å². The maximum Gasteiger partial charge on any atom is 0.306 e. The molecule has 0 aliphatic heterocycles. The molecule has 0 saturated heterocycles. The van der Waals surface area contributed by atoms with E-state index in [1.807, 2.05) is 18.2 Å². The highest BCUT2D eigenvalue weighted by Crippen LogP contribution is 2.16. The zero-order valence-electron chi connectivity index (χ0n) is 46.8. The Kier molecular flexibility index (Phi) is 40.8. The highest BCUT2D eigenvalue weighted by atomic mass is 16.5. The third-order valence-electron chi connectivity index (χ3n) is 13.5. The predicted molar refractivity (Wildman–Crippen MR) is 297 cm³/mol. The lowest BCUT2D eigenvalue weighted by Crippen LogP contribution is -2.48. The lowest BCUT2D eigenvalue weighted by atomic mass is 10.0. The van der Waals surface area contributed by atoms with Crippen LogP contribution in [0.4, 0.5) is 0 Å². The average molecular weight is 1050 g/mol. The summed E-state index contributed by atoms with van der Waals surface area (Å²) in [5.74, 6) is -6.65. The third-order valence-corrected chi connectivity index (χ3v) is 13.5. The number of nitrogens with one attached hydrogen (secondary N) is 3. The van der Waals surface area contributed by atoms with Crippen LogP contribution in [-0.2, 0) is 54.4 Å². The number of nitrogens with two attached hydrogens (primary N) is 2. The summed E-state index contributed by atoms with van der Waals surface area (Å²) in [7, 11) is 0. The van der Waals surface area contributed by atoms with Gasteiger partial charge < -0.3 is 41.8 Å². The van der Waals surface area contributed by atoms with Gasteiger partial charge in [-0.2, -0.15) is 0 Å². The summed E-state index contributed by atoms with van der Waals surface area (Å²) < 4.78 is 11.6. The highest BCUT2D eigenvalue weighted by molar-refractivity contribution is 6.01. The first kappa shape index (κ1) is 67.9. The molecule has 0 saturated carbocycles. The molecule has 1 aromatic rings. The molecule has 0 spiro atoms. The Hall–Kier alpha value is -5.12. The molecular weight excluding hydrogens is 953 g/mol. The quantitative estimate of drug-likeness (QED) is 0.0235. The molecule has 0 aromatic heterocycles. The van der Waals surface area contributed by atoms with Crippen molar-refractivity contribution in [2.24, 2.45) is 17.4 Å². The smallest absolute Gasteiger partial charge is 0.306 e. The van der Waals surface area contributed by atoms with Crippen molar-refractivity contribution < 1.29 is 47.8 Å². The lowest BCUT2D eigenvalue weighted by Gasteiger charge is -2.22. The monoisotopic (exact) mass is 1050 g/mol. The number of hydrogen-bond acceptors (Lipinski definition) is 10. The van der Waals surface area contributed by atoms with Crippen molar-refractivity contribution in [2.75, 3.05) is 26.2 Å². The van der Waals surface area contributed by atoms with Gasteiger partial charge >= 0.3 is 5.97 Å². The van der Waals surface area contributed by atoms with Crippen LogP contribution in [0.25, 0.3) is 0 Å². The molecule has 0 radical (unpaired) electrons. The van der Waals surface area contributed by atoms with Crippen LogP contribution in [0.15, 0.2) is 42.5 Å². The number of unbranched alkanes of at least 4 members (excludes halogenated alkanes) is 24. The molecule has 4 atom stereocenters. The molecule has 16 nitrogen and oxygen atoms in total. The van der Waals surface area contributed by atoms with Gasteiger partial charge in [0.1, 0.15) is 19.2 Å². The van der Waals surface area contributed by atoms with Crippen molar-refractivity contribution in [3.05, 3.63) is 48.0 Å². The fourth-order valence-electron chi connectivity index (χ4n) is 8.65. The molecule has 1 rings (SSSR count). The number of carbonyl (C=O) groups excluding carboxylic acids is 8. The van der Waals surface area contributed by atoms with E-state index >= 15 is 0 Å². The van der Waals surface area contributed by atoms with Gasteiger partial charge in [0.2, 0.25) is 35.4 Å². The van der Waals surface area contributed by atoms with Gasteiger partial charge in [0, 0.05) is 37.6 Å². The second kappa shape index (κ2) is 45.1. The zero-order chi connectivity index (χ0) is 55.3. The van der Waals surface area contributed by atoms with E-state index in [2.05, 4.69) is 29.8 Å². The Bertz CT molecular complexity index is 1780. The van der Waals surface area contributed by atoms with Gasteiger partial charge in [-0.1, -0.05) is 212 Å². The average Bonchev–Trinajstić information content (AvgIpc) is 3.38. The van der Waals surface area contributed by atoms with Crippen molar-refractivity contribution in [3.8, 4) is 0 Å². The van der Waals surface area contributed by atoms with Crippen LogP contribution in [0.5, 0.6) is 0 Å². The van der Waals surface area contributed by atoms with E-state index in [1.54, 1.807) is 12.1 Å². The number of ether oxygens (including phenoxy) is 2. The number of hydrogen-bond donors (Lipinski definition) is 5. The molecule has 75 heavy (non-hydrogen) atoms. The topological polar surface area (TPSA) is 246 Å². The fraction of sp³-hybridized carbons (Fsp3) is 0.729. The van der Waals surface area contributed by atoms with Crippen LogP contribution >= 0.6 is 0 Å². The molecule has 1 aromatic carbocycles. The molecule has 0 heterocycles. The minimum atomic E-state index is -1.24. The minimum Gasteiger partial charge on any atom is -0.461 e. The lowest BCUT2D eigenvalue weighted by molar-refractivity contribution is -0.148. The second-order valence-electron chi connectivity index (χ2n) is 20.5. The van der Waals surface area contributed by atoms with Crippen molar-refractivity contribution in [1.29, 1.82) is 0 Å². The van der Waals surface area contributed by atoms with Gasteiger partial charge in [0.05, 0.1) is 25.1 Å². The Morgan fingerprint density at radius 3 is 1.63 bits per heavy atom. The predicted octanol–water partition coefficient (Wildman–Crippen LogP) is 9.52. The normalized spacial score (nSPS) is 12.9. The van der Waals surface area contributed by atoms with Gasteiger partial charge in [0.15, 0.2) is 5.78 Å². The van der Waals surface area contributed by atoms with Crippen molar-refractivity contribution in [3.63, 3.8) is 0 Å². The number of esters is 1. The molecule has 0 fully saturated rings. The van der Waals surface area contributed by atoms with Crippen LogP contribution in [-0.4, -0.2) is 96.5 Å². The van der Waals surface area contributed by atoms with Gasteiger partial charge in [-0.25, -0.2) is 0 Å². The van der Waals surface area contributed by atoms with E-state index in [-0.39, 0.29) is 37.9 Å². The molecule has 6 amide bonds. The van der Waals surface area contributed by atoms with Gasteiger partial charge in [-0.05, 0) is 31.7 Å². The molecule has 0 aliphatic rings. The number of amides is 6. The summed E-state index contributed by atoms with van der Waals surface area (Å²) in [5.41, 5.74) is 11.7. The second-order valence-corrected chi connectivity index (χ2v) is 20.5. The van der Waals surface area contributed by atoms with Crippen molar-refractivity contribution in [1.82, 2.24) is 20.9 Å². The number of rotatable bonds is 49. The Labute approximate surface area is 451 Å². The first-order valence-electron chi connectivity index (χ1n) is 28.9. The number of nitrogens with zero attached hydrogens (tertiary/aromatic N) is 1. The summed E-state index contributed by atoms with van der Waals surface area (Å²) >= 11 is 0. The first-order valence-corrected chi connectivity index (χ1v) is 28.9. The van der Waals surface area contributed by atoms with Crippen molar-refractivity contribution >= 4 is 47.2 Å². The van der Waals surface area contributed by atoms with E-state index in [9.17, 15) is 38.4 Å². The Morgan fingerprint density at radius 2 is 1.12 bits per heavy atom. The molecule has 1 unspecified atom stereocenters. The standard InChI is InChI=1S/C59H100N6O10/c1-5-7-9-11-13-15-17-19-20-21-23-25-27-32-36-50(74-41-33-28-26-24-22-18-16-14-12-10-8-6-2)43-62-54(68)38-37-51(58(61)72)64-55(69)39-40-56(70)65(45-53(60)67)44-52(66)48(4)63-59(73)47(3)42-57(71)75-46-49-34-30-29-31-35-49/h29-31,34-35,39-40,47-48,50-51H,5-28,32-33,36-38,41-46H2,1-4H3,(H2,60,67)(H2,61,72)(H,62,68)(H,63,73)(H,64,69)/b40-39+/t47-,48+,50?,51+/m1/s1. The molecular formula is C59H100N6O10. The van der Waals surface area contributed by atoms with Crippen LogP contribution in [0.2, 0.25) is 0 Å². The number of Topliss-reactive ketones (excluding diaryl/α,β-unsaturated/α-hetero) is 1. The Balaban J connectivity index is 2.64. The van der Waals surface area contributed by atoms with E-state index < -0.39 is 72.4 Å². The maximum atomic E-state index is 13.1. The van der Waals surface area contributed by atoms with E-state index in [1.165, 1.54) is 155 Å². The fourth-order valence-corrected chi connectivity index (χ4v) is 8.65. The number of carbonyl (C=O) groups is 8. The largest absolute Gasteiger partial charge is 0.461 e. The van der Waals surface area contributed by atoms with E-state index in [4.69, 9.17) is 20.9 Å².